The summed E-state index contributed by atoms with van der Waals surface area (Å²) in [6, 6.07) is 7.14. The largest absolute Gasteiger partial charge is 0.497 e. The highest BCUT2D eigenvalue weighted by molar-refractivity contribution is 6.25. The van der Waals surface area contributed by atoms with Gasteiger partial charge in [0.1, 0.15) is 5.75 Å². The van der Waals surface area contributed by atoms with Gasteiger partial charge in [-0.25, -0.2) is 0 Å². The lowest BCUT2D eigenvalue weighted by Gasteiger charge is -1.99. The highest BCUT2D eigenvalue weighted by Crippen LogP contribution is 2.11. The third-order valence-corrected chi connectivity index (χ3v) is 1.74. The molecule has 0 aliphatic rings. The van der Waals surface area contributed by atoms with Crippen molar-refractivity contribution in [1.29, 1.82) is 0 Å². The Morgan fingerprint density at radius 3 is 2.64 bits per heavy atom. The van der Waals surface area contributed by atoms with E-state index in [1.165, 1.54) is 0 Å². The summed E-state index contributed by atoms with van der Waals surface area (Å²) < 4.78 is 4.97. The molecule has 0 fully saturated rings. The Morgan fingerprint density at radius 2 is 2.14 bits per heavy atom. The van der Waals surface area contributed by atoms with E-state index < -0.39 is 0 Å². The lowest BCUT2D eigenvalue weighted by Crippen LogP contribution is -2.04. The van der Waals surface area contributed by atoms with Crippen molar-refractivity contribution >= 4 is 12.0 Å². The molecule has 0 N–H and O–H groups in total. The Labute approximate surface area is 81.7 Å². The van der Waals surface area contributed by atoms with E-state index in [0.717, 1.165) is 17.5 Å². The first-order chi connectivity index (χ1) is 6.76. The molecule has 14 heavy (non-hydrogen) atoms. The molecule has 0 aliphatic heterocycles. The summed E-state index contributed by atoms with van der Waals surface area (Å²) in [4.78, 5) is 13.7. The number of ether oxygens (including phenoxy) is 1. The average molecular weight is 190 g/mol. The number of benzene rings is 1. The van der Waals surface area contributed by atoms with Gasteiger partial charge in [0.25, 0.3) is 0 Å². The van der Waals surface area contributed by atoms with Crippen molar-refractivity contribution in [3.63, 3.8) is 0 Å². The SMILES string of the molecule is COc1ccc(CC(=O)C=[N+]=[N-])cc1. The van der Waals surface area contributed by atoms with Gasteiger partial charge in [-0.1, -0.05) is 12.1 Å². The lowest BCUT2D eigenvalue weighted by molar-refractivity contribution is -0.115. The van der Waals surface area contributed by atoms with Gasteiger partial charge in [-0.05, 0) is 17.7 Å². The minimum absolute atomic E-state index is 0.230. The summed E-state index contributed by atoms with van der Waals surface area (Å²) in [7, 11) is 1.58. The summed E-state index contributed by atoms with van der Waals surface area (Å²) in [6.07, 6.45) is 1.12. The monoisotopic (exact) mass is 190 g/mol. The van der Waals surface area contributed by atoms with E-state index in [0.29, 0.717) is 0 Å². The van der Waals surface area contributed by atoms with Crippen LogP contribution in [0.15, 0.2) is 24.3 Å². The molecule has 0 amide bonds. The van der Waals surface area contributed by atoms with Gasteiger partial charge in [0.15, 0.2) is 0 Å². The minimum atomic E-state index is -0.238. The number of carbonyl (C=O) groups is 1. The molecule has 0 bridgehead atoms. The topological polar surface area (TPSA) is 62.7 Å². The molecular formula is C10H10N2O2. The van der Waals surface area contributed by atoms with Gasteiger partial charge in [-0.2, -0.15) is 4.79 Å². The summed E-state index contributed by atoms with van der Waals surface area (Å²) in [5.74, 6) is 0.509. The van der Waals surface area contributed by atoms with Crippen LogP contribution < -0.4 is 4.74 Å². The Balaban J connectivity index is 2.68. The molecule has 0 aliphatic carbocycles. The molecule has 1 aromatic carbocycles. The van der Waals surface area contributed by atoms with Crippen molar-refractivity contribution in [2.24, 2.45) is 0 Å². The van der Waals surface area contributed by atoms with Gasteiger partial charge >= 0.3 is 6.21 Å². The molecule has 0 unspecified atom stereocenters. The van der Waals surface area contributed by atoms with Crippen LogP contribution in [0.25, 0.3) is 5.53 Å². The fourth-order valence-corrected chi connectivity index (χ4v) is 1.05. The number of ketones is 1. The average Bonchev–Trinajstić information content (AvgIpc) is 2.19. The van der Waals surface area contributed by atoms with Gasteiger partial charge in [0.2, 0.25) is 5.78 Å². The standard InChI is InChI=1S/C10H10N2O2/c1-14-10-4-2-8(3-5-10)6-9(13)7-12-11/h2-5,7H,6H2,1H3. The van der Waals surface area contributed by atoms with Crippen LogP contribution in [0.4, 0.5) is 0 Å². The number of nitrogens with zero attached hydrogens (tertiary/aromatic N) is 2. The summed E-state index contributed by atoms with van der Waals surface area (Å²) in [6.45, 7) is 0. The molecule has 0 atom stereocenters. The molecule has 0 saturated heterocycles. The summed E-state index contributed by atoms with van der Waals surface area (Å²) >= 11 is 0. The fourth-order valence-electron chi connectivity index (χ4n) is 1.05. The van der Waals surface area contributed by atoms with Crippen LogP contribution in [-0.4, -0.2) is 23.9 Å². The minimum Gasteiger partial charge on any atom is -0.497 e. The summed E-state index contributed by atoms with van der Waals surface area (Å²) in [5.41, 5.74) is 8.98. The smallest absolute Gasteiger partial charge is 0.323 e. The second-order valence-electron chi connectivity index (χ2n) is 2.74. The second kappa shape index (κ2) is 4.94. The van der Waals surface area contributed by atoms with E-state index in [-0.39, 0.29) is 12.2 Å². The molecule has 72 valence electrons. The predicted octanol–water partition coefficient (Wildman–Crippen LogP) is 1.11. The maximum absolute atomic E-state index is 11.0. The molecule has 0 heterocycles. The number of hydrogen-bond donors (Lipinski definition) is 0. The van der Waals surface area contributed by atoms with Crippen molar-refractivity contribution in [3.8, 4) is 5.75 Å². The van der Waals surface area contributed by atoms with Crippen LogP contribution in [0.3, 0.4) is 0 Å². The Kier molecular flexibility index (Phi) is 3.58. The third kappa shape index (κ3) is 2.84. The van der Waals surface area contributed by atoms with Crippen LogP contribution in [0.1, 0.15) is 5.56 Å². The van der Waals surface area contributed by atoms with Gasteiger partial charge in [-0.3, -0.25) is 4.79 Å². The van der Waals surface area contributed by atoms with E-state index in [4.69, 9.17) is 10.3 Å². The molecule has 0 radical (unpaired) electrons. The Hall–Kier alpha value is -1.93. The third-order valence-electron chi connectivity index (χ3n) is 1.74. The lowest BCUT2D eigenvalue weighted by atomic mass is 10.1. The highest BCUT2D eigenvalue weighted by Gasteiger charge is 2.04. The number of rotatable bonds is 4. The molecule has 0 saturated carbocycles. The maximum atomic E-state index is 11.0. The van der Waals surface area contributed by atoms with E-state index >= 15 is 0 Å². The molecule has 0 aromatic heterocycles. The van der Waals surface area contributed by atoms with E-state index in [1.54, 1.807) is 31.4 Å². The predicted molar refractivity (Wildman–Crippen MR) is 51.4 cm³/mol. The van der Waals surface area contributed by atoms with E-state index in [9.17, 15) is 4.79 Å². The van der Waals surface area contributed by atoms with Crippen LogP contribution in [-0.2, 0) is 11.2 Å². The fraction of sp³-hybridized carbons (Fsp3) is 0.200. The number of methoxy groups -OCH3 is 1. The first kappa shape index (κ1) is 10.2. The van der Waals surface area contributed by atoms with Crippen molar-refractivity contribution in [2.45, 2.75) is 6.42 Å². The quantitative estimate of drug-likeness (QED) is 0.405. The van der Waals surface area contributed by atoms with Crippen molar-refractivity contribution in [1.82, 2.24) is 0 Å². The van der Waals surface area contributed by atoms with Crippen molar-refractivity contribution in [3.05, 3.63) is 35.4 Å². The maximum Gasteiger partial charge on any atom is 0.323 e. The zero-order valence-electron chi connectivity index (χ0n) is 7.80. The molecular weight excluding hydrogens is 180 g/mol. The molecule has 1 aromatic rings. The van der Waals surface area contributed by atoms with Gasteiger partial charge < -0.3 is 10.3 Å². The van der Waals surface area contributed by atoms with E-state index in [1.807, 2.05) is 0 Å². The molecule has 4 nitrogen and oxygen atoms in total. The zero-order chi connectivity index (χ0) is 10.4. The van der Waals surface area contributed by atoms with Gasteiger partial charge in [0.05, 0.1) is 7.11 Å². The molecule has 1 rings (SSSR count). The normalized spacial score (nSPS) is 8.93. The molecule has 0 spiro atoms. The summed E-state index contributed by atoms with van der Waals surface area (Å²) in [5, 5.41) is 0. The van der Waals surface area contributed by atoms with Crippen molar-refractivity contribution < 1.29 is 14.3 Å². The Bertz CT molecular complexity index is 364. The van der Waals surface area contributed by atoms with Crippen LogP contribution >= 0.6 is 0 Å². The van der Waals surface area contributed by atoms with Crippen molar-refractivity contribution in [2.75, 3.05) is 7.11 Å². The van der Waals surface area contributed by atoms with Crippen LogP contribution in [0.5, 0.6) is 5.75 Å². The number of hydrogen-bond acceptors (Lipinski definition) is 2. The number of carbonyl (C=O) groups excluding carboxylic acids is 1. The zero-order valence-corrected chi connectivity index (χ0v) is 7.80. The van der Waals surface area contributed by atoms with E-state index in [2.05, 4.69) is 4.79 Å². The highest BCUT2D eigenvalue weighted by atomic mass is 16.5. The molecule has 4 heteroatoms. The first-order valence-electron chi connectivity index (χ1n) is 4.09. The van der Waals surface area contributed by atoms with Gasteiger partial charge in [0, 0.05) is 6.42 Å². The van der Waals surface area contributed by atoms with Gasteiger partial charge in [-0.15, -0.1) is 0 Å². The second-order valence-corrected chi connectivity index (χ2v) is 2.74. The number of Topliss-reactive ketones (excluding diaryl/α,β-unsaturated/α-hetero) is 1. The van der Waals surface area contributed by atoms with Crippen LogP contribution in [0, 0.1) is 0 Å². The Morgan fingerprint density at radius 1 is 1.50 bits per heavy atom. The first-order valence-corrected chi connectivity index (χ1v) is 4.09. The van der Waals surface area contributed by atoms with Crippen LogP contribution in [0.2, 0.25) is 0 Å².